The monoisotopic (exact) mass is 582 g/mol. The average molecular weight is 583 g/mol. The molecule has 0 radical (unpaired) electrons. The molecule has 3 aromatic carbocycles. The van der Waals surface area contributed by atoms with E-state index < -0.39 is 0 Å². The third-order valence-electron chi connectivity index (χ3n) is 8.31. The Labute approximate surface area is 253 Å². The van der Waals surface area contributed by atoms with Crippen molar-refractivity contribution in [2.45, 2.75) is 26.2 Å². The summed E-state index contributed by atoms with van der Waals surface area (Å²) < 4.78 is 11.3. The highest BCUT2D eigenvalue weighted by Crippen LogP contribution is 2.30. The number of nitrogens with one attached hydrogen (secondary N) is 2. The standard InChI is InChI=1S/C34H42N6O3/c1-34(2,3)26-9-7-25(8-10-26)32-36-29-5-4-6-30(31(29)37-32)39-17-15-38(16-18-39)19-24-43-28-13-11-27(12-14-28)35-33(41)40-20-22-42-23-21-40/h4-14H,15-24H2,1-3H3,(H,35,41)(H,36,37). The van der Waals surface area contributed by atoms with Crippen LogP contribution >= 0.6 is 0 Å². The zero-order chi connectivity index (χ0) is 29.8. The number of urea groups is 1. The molecule has 4 aromatic rings. The Kier molecular flexibility index (Phi) is 8.54. The second kappa shape index (κ2) is 12.7. The van der Waals surface area contributed by atoms with Gasteiger partial charge in [-0.15, -0.1) is 0 Å². The summed E-state index contributed by atoms with van der Waals surface area (Å²) in [6, 6.07) is 22.6. The highest BCUT2D eigenvalue weighted by atomic mass is 16.5. The highest BCUT2D eigenvalue weighted by molar-refractivity contribution is 5.91. The lowest BCUT2D eigenvalue weighted by Crippen LogP contribution is -2.47. The van der Waals surface area contributed by atoms with Gasteiger partial charge in [-0.1, -0.05) is 51.1 Å². The largest absolute Gasteiger partial charge is 0.492 e. The van der Waals surface area contributed by atoms with Gasteiger partial charge in [-0.2, -0.15) is 0 Å². The Morgan fingerprint density at radius 3 is 2.35 bits per heavy atom. The Bertz CT molecular complexity index is 1510. The van der Waals surface area contributed by atoms with E-state index >= 15 is 0 Å². The number of carbonyl (C=O) groups is 1. The maximum Gasteiger partial charge on any atom is 0.321 e. The molecule has 9 heteroatoms. The van der Waals surface area contributed by atoms with Gasteiger partial charge in [0.25, 0.3) is 0 Å². The van der Waals surface area contributed by atoms with Gasteiger partial charge in [0.05, 0.1) is 24.4 Å². The fourth-order valence-corrected chi connectivity index (χ4v) is 5.65. The Morgan fingerprint density at radius 1 is 0.930 bits per heavy atom. The fraction of sp³-hybridized carbons (Fsp3) is 0.412. The van der Waals surface area contributed by atoms with Crippen molar-refractivity contribution in [1.29, 1.82) is 0 Å². The van der Waals surface area contributed by atoms with Crippen molar-refractivity contribution in [2.24, 2.45) is 0 Å². The molecule has 1 aromatic heterocycles. The molecule has 2 saturated heterocycles. The van der Waals surface area contributed by atoms with E-state index in [4.69, 9.17) is 14.5 Å². The van der Waals surface area contributed by atoms with E-state index in [0.29, 0.717) is 32.9 Å². The maximum absolute atomic E-state index is 12.4. The first-order valence-electron chi connectivity index (χ1n) is 15.3. The molecular weight excluding hydrogens is 540 g/mol. The van der Waals surface area contributed by atoms with Crippen molar-refractivity contribution < 1.29 is 14.3 Å². The normalized spacial score (nSPS) is 16.4. The van der Waals surface area contributed by atoms with Gasteiger partial charge in [0, 0.05) is 57.1 Å². The van der Waals surface area contributed by atoms with Gasteiger partial charge in [0.2, 0.25) is 0 Å². The van der Waals surface area contributed by atoms with Gasteiger partial charge in [-0.25, -0.2) is 9.78 Å². The molecule has 0 aliphatic carbocycles. The van der Waals surface area contributed by atoms with E-state index in [0.717, 1.165) is 66.6 Å². The number of hydrogen-bond acceptors (Lipinski definition) is 6. The number of aromatic nitrogens is 2. The second-order valence-electron chi connectivity index (χ2n) is 12.3. The van der Waals surface area contributed by atoms with Gasteiger partial charge in [0.1, 0.15) is 23.7 Å². The molecule has 2 amide bonds. The van der Waals surface area contributed by atoms with E-state index in [1.54, 1.807) is 4.90 Å². The number of aromatic amines is 1. The van der Waals surface area contributed by atoms with Crippen molar-refractivity contribution in [1.82, 2.24) is 19.8 Å². The van der Waals surface area contributed by atoms with Crippen LogP contribution in [0.1, 0.15) is 26.3 Å². The van der Waals surface area contributed by atoms with Gasteiger partial charge in [-0.05, 0) is 47.4 Å². The first kappa shape index (κ1) is 29.0. The summed E-state index contributed by atoms with van der Waals surface area (Å²) >= 11 is 0. The molecule has 9 nitrogen and oxygen atoms in total. The SMILES string of the molecule is CC(C)(C)c1ccc(-c2nc3c(N4CCN(CCOc5ccc(NC(=O)N6CCOCC6)cc5)CC4)cccc3[nH]2)cc1. The summed E-state index contributed by atoms with van der Waals surface area (Å²) in [6.45, 7) is 14.4. The van der Waals surface area contributed by atoms with Crippen LogP contribution in [0.5, 0.6) is 5.75 Å². The highest BCUT2D eigenvalue weighted by Gasteiger charge is 2.21. The van der Waals surface area contributed by atoms with Crippen LogP contribution in [-0.2, 0) is 10.2 Å². The minimum absolute atomic E-state index is 0.0917. The number of morpholine rings is 1. The smallest absolute Gasteiger partial charge is 0.321 e. The van der Waals surface area contributed by atoms with Crippen LogP contribution in [-0.4, -0.2) is 91.4 Å². The molecule has 2 aliphatic rings. The number of nitrogens with zero attached hydrogens (tertiary/aromatic N) is 4. The third-order valence-corrected chi connectivity index (χ3v) is 8.31. The van der Waals surface area contributed by atoms with E-state index in [-0.39, 0.29) is 11.4 Å². The summed E-state index contributed by atoms with van der Waals surface area (Å²) in [6.07, 6.45) is 0. The van der Waals surface area contributed by atoms with Crippen LogP contribution in [0.2, 0.25) is 0 Å². The molecule has 0 bridgehead atoms. The van der Waals surface area contributed by atoms with Crippen LogP contribution < -0.4 is 15.0 Å². The number of amides is 2. The van der Waals surface area contributed by atoms with E-state index in [2.05, 4.69) is 83.3 Å². The van der Waals surface area contributed by atoms with Crippen LogP contribution in [0.3, 0.4) is 0 Å². The van der Waals surface area contributed by atoms with Gasteiger partial charge < -0.3 is 29.6 Å². The summed E-state index contributed by atoms with van der Waals surface area (Å²) in [5.41, 5.74) is 6.59. The molecule has 0 saturated carbocycles. The van der Waals surface area contributed by atoms with Crippen molar-refractivity contribution in [3.63, 3.8) is 0 Å². The van der Waals surface area contributed by atoms with Crippen molar-refractivity contribution >= 4 is 28.4 Å². The van der Waals surface area contributed by atoms with Crippen molar-refractivity contribution in [3.05, 3.63) is 72.3 Å². The molecule has 2 aliphatic heterocycles. The molecule has 2 N–H and O–H groups in total. The number of H-pyrrole nitrogens is 1. The number of rotatable bonds is 7. The first-order chi connectivity index (χ1) is 20.8. The first-order valence-corrected chi connectivity index (χ1v) is 15.3. The summed E-state index contributed by atoms with van der Waals surface area (Å²) in [5, 5.41) is 2.95. The van der Waals surface area contributed by atoms with Gasteiger partial charge >= 0.3 is 6.03 Å². The number of piperazine rings is 1. The van der Waals surface area contributed by atoms with E-state index in [9.17, 15) is 4.79 Å². The Morgan fingerprint density at radius 2 is 1.65 bits per heavy atom. The minimum atomic E-state index is -0.0917. The molecular formula is C34H42N6O3. The predicted molar refractivity (Wildman–Crippen MR) is 172 cm³/mol. The lowest BCUT2D eigenvalue weighted by atomic mass is 9.87. The zero-order valence-electron chi connectivity index (χ0n) is 25.4. The van der Waals surface area contributed by atoms with Crippen molar-refractivity contribution in [2.75, 3.05) is 75.9 Å². The molecule has 2 fully saturated rings. The zero-order valence-corrected chi connectivity index (χ0v) is 25.4. The number of para-hydroxylation sites is 1. The Hall–Kier alpha value is -4.08. The summed E-state index contributed by atoms with van der Waals surface area (Å²) in [5.74, 6) is 1.71. The lowest BCUT2D eigenvalue weighted by molar-refractivity contribution is 0.0564. The van der Waals surface area contributed by atoms with Crippen LogP contribution in [0.4, 0.5) is 16.2 Å². The number of ether oxygens (including phenoxy) is 2. The summed E-state index contributed by atoms with van der Waals surface area (Å²) in [4.78, 5) is 27.6. The predicted octanol–water partition coefficient (Wildman–Crippen LogP) is 5.59. The average Bonchev–Trinajstić information content (AvgIpc) is 3.47. The maximum atomic E-state index is 12.4. The molecule has 6 rings (SSSR count). The van der Waals surface area contributed by atoms with Gasteiger partial charge in [-0.3, -0.25) is 4.90 Å². The second-order valence-corrected chi connectivity index (χ2v) is 12.3. The molecule has 43 heavy (non-hydrogen) atoms. The third kappa shape index (κ3) is 6.95. The number of hydrogen-bond donors (Lipinski definition) is 2. The van der Waals surface area contributed by atoms with Crippen molar-refractivity contribution in [3.8, 4) is 17.1 Å². The van der Waals surface area contributed by atoms with Crippen LogP contribution in [0, 0.1) is 0 Å². The minimum Gasteiger partial charge on any atom is -0.492 e. The molecule has 3 heterocycles. The lowest BCUT2D eigenvalue weighted by Gasteiger charge is -2.36. The fourth-order valence-electron chi connectivity index (χ4n) is 5.65. The molecule has 0 atom stereocenters. The quantitative estimate of drug-likeness (QED) is 0.295. The Balaban J connectivity index is 0.989. The van der Waals surface area contributed by atoms with Crippen LogP contribution in [0.25, 0.3) is 22.4 Å². The number of anilines is 2. The number of carbonyl (C=O) groups excluding carboxylic acids is 1. The van der Waals surface area contributed by atoms with E-state index in [1.165, 1.54) is 11.3 Å². The topological polar surface area (TPSA) is 86.0 Å². The number of fused-ring (bicyclic) bond motifs is 1. The molecule has 0 spiro atoms. The number of benzene rings is 3. The van der Waals surface area contributed by atoms with Crippen LogP contribution in [0.15, 0.2) is 66.7 Å². The van der Waals surface area contributed by atoms with E-state index in [1.807, 2.05) is 24.3 Å². The summed E-state index contributed by atoms with van der Waals surface area (Å²) in [7, 11) is 0. The molecule has 0 unspecified atom stereocenters. The molecule has 226 valence electrons. The number of imidazole rings is 1. The van der Waals surface area contributed by atoms with Gasteiger partial charge in [0.15, 0.2) is 0 Å².